The third kappa shape index (κ3) is 3.83. The molecule has 0 saturated carbocycles. The Morgan fingerprint density at radius 1 is 1.03 bits per heavy atom. The van der Waals surface area contributed by atoms with Crippen molar-refractivity contribution in [3.63, 3.8) is 0 Å². The summed E-state index contributed by atoms with van der Waals surface area (Å²) >= 11 is 17.5. The summed E-state index contributed by atoms with van der Waals surface area (Å²) in [5.41, 5.74) is 2.74. The number of carbonyl (C=O) groups is 2. The van der Waals surface area contributed by atoms with Crippen molar-refractivity contribution in [2.45, 2.75) is 13.8 Å². The molecule has 2 amide bonds. The Morgan fingerprint density at radius 2 is 1.75 bits per heavy atom. The summed E-state index contributed by atoms with van der Waals surface area (Å²) in [6, 6.07) is 12.7. The number of nitrogens with one attached hydrogen (secondary N) is 1. The van der Waals surface area contributed by atoms with Gasteiger partial charge in [-0.3, -0.25) is 14.9 Å². The van der Waals surface area contributed by atoms with Crippen LogP contribution < -0.4 is 10.2 Å². The average Bonchev–Trinajstić information content (AvgIpc) is 3.00. The van der Waals surface area contributed by atoms with Gasteiger partial charge in [-0.15, -0.1) is 0 Å². The molecule has 1 aliphatic heterocycles. The van der Waals surface area contributed by atoms with Crippen LogP contribution in [0.4, 0.5) is 10.1 Å². The Hall–Kier alpha value is -3.00. The first-order valence-corrected chi connectivity index (χ1v) is 10.7. The molecule has 0 aliphatic carbocycles. The van der Waals surface area contributed by atoms with E-state index in [-0.39, 0.29) is 16.4 Å². The summed E-state index contributed by atoms with van der Waals surface area (Å²) in [5.74, 6) is -1.99. The third-order valence-corrected chi connectivity index (χ3v) is 5.94. The molecule has 0 spiro atoms. The first-order chi connectivity index (χ1) is 15.2. The highest BCUT2D eigenvalue weighted by Crippen LogP contribution is 2.30. The fourth-order valence-corrected chi connectivity index (χ4v) is 4.40. The third-order valence-electron chi connectivity index (χ3n) is 5.12. The van der Waals surface area contributed by atoms with E-state index in [2.05, 4.69) is 5.32 Å². The van der Waals surface area contributed by atoms with E-state index in [1.165, 1.54) is 24.3 Å². The highest BCUT2D eigenvalue weighted by atomic mass is 35.5. The lowest BCUT2D eigenvalue weighted by molar-refractivity contribution is -0.122. The lowest BCUT2D eigenvalue weighted by atomic mass is 10.1. The van der Waals surface area contributed by atoms with Crippen molar-refractivity contribution >= 4 is 64.1 Å². The SMILES string of the molecule is Cc1cc(/C=C2\C(=O)NC(=S)N(c3ccccc3F)C2=O)c(C)n1-c1ccc(Cl)cc1Cl. The number of anilines is 1. The summed E-state index contributed by atoms with van der Waals surface area (Å²) in [6.45, 7) is 3.72. The molecular weight excluding hydrogens is 472 g/mol. The summed E-state index contributed by atoms with van der Waals surface area (Å²) in [7, 11) is 0. The number of thiocarbonyl (C=S) groups is 1. The molecular formula is C23H16Cl2FN3O2S. The zero-order valence-electron chi connectivity index (χ0n) is 16.9. The first kappa shape index (κ1) is 22.2. The molecule has 5 nitrogen and oxygen atoms in total. The minimum absolute atomic E-state index is 0.0354. The van der Waals surface area contributed by atoms with Crippen LogP contribution >= 0.6 is 35.4 Å². The Morgan fingerprint density at radius 3 is 2.44 bits per heavy atom. The van der Waals surface area contributed by atoms with Gasteiger partial charge in [0.25, 0.3) is 11.8 Å². The van der Waals surface area contributed by atoms with Crippen LogP contribution in [0.5, 0.6) is 0 Å². The van der Waals surface area contributed by atoms with Gasteiger partial charge < -0.3 is 4.57 Å². The standard InChI is InChI=1S/C23H16Cl2FN3O2S/c1-12-9-14(13(2)28(12)19-8-7-15(24)11-17(19)25)10-16-21(30)27-23(32)29(22(16)31)20-6-4-3-5-18(20)26/h3-11H,1-2H3,(H,27,30,32)/b16-10+. The highest BCUT2D eigenvalue weighted by Gasteiger charge is 2.35. The Labute approximate surface area is 199 Å². The first-order valence-electron chi connectivity index (χ1n) is 9.49. The molecule has 1 fully saturated rings. The van der Waals surface area contributed by atoms with Crippen LogP contribution in [0.1, 0.15) is 17.0 Å². The van der Waals surface area contributed by atoms with E-state index in [4.69, 9.17) is 35.4 Å². The van der Waals surface area contributed by atoms with Crippen LogP contribution in [0.3, 0.4) is 0 Å². The van der Waals surface area contributed by atoms with Crippen molar-refractivity contribution in [3.8, 4) is 5.69 Å². The molecule has 0 bridgehead atoms. The summed E-state index contributed by atoms with van der Waals surface area (Å²) in [4.78, 5) is 26.7. The average molecular weight is 488 g/mol. The molecule has 2 aromatic carbocycles. The summed E-state index contributed by atoms with van der Waals surface area (Å²) < 4.78 is 16.2. The second-order valence-corrected chi connectivity index (χ2v) is 8.40. The Kier molecular flexibility index (Phi) is 5.90. The molecule has 1 saturated heterocycles. The number of carbonyl (C=O) groups excluding carboxylic acids is 2. The number of hydrogen-bond acceptors (Lipinski definition) is 3. The van der Waals surface area contributed by atoms with Crippen molar-refractivity contribution in [1.82, 2.24) is 9.88 Å². The monoisotopic (exact) mass is 487 g/mol. The van der Waals surface area contributed by atoms with Crippen molar-refractivity contribution < 1.29 is 14.0 Å². The Bertz CT molecular complexity index is 1330. The largest absolute Gasteiger partial charge is 0.316 e. The molecule has 0 radical (unpaired) electrons. The number of aryl methyl sites for hydroxylation is 1. The number of rotatable bonds is 3. The molecule has 0 unspecified atom stereocenters. The molecule has 4 rings (SSSR count). The zero-order valence-corrected chi connectivity index (χ0v) is 19.3. The maximum Gasteiger partial charge on any atom is 0.270 e. The van der Waals surface area contributed by atoms with Crippen molar-refractivity contribution in [1.29, 1.82) is 0 Å². The van der Waals surface area contributed by atoms with Crippen molar-refractivity contribution in [2.24, 2.45) is 0 Å². The predicted octanol–water partition coefficient (Wildman–Crippen LogP) is 5.37. The lowest BCUT2D eigenvalue weighted by Crippen LogP contribution is -2.54. The molecule has 0 atom stereocenters. The fraction of sp³-hybridized carbons (Fsp3) is 0.0870. The Balaban J connectivity index is 1.80. The van der Waals surface area contributed by atoms with E-state index < -0.39 is 17.6 Å². The number of para-hydroxylation sites is 1. The molecule has 32 heavy (non-hydrogen) atoms. The van der Waals surface area contributed by atoms with E-state index in [0.29, 0.717) is 21.3 Å². The number of benzene rings is 2. The van der Waals surface area contributed by atoms with E-state index in [9.17, 15) is 14.0 Å². The summed E-state index contributed by atoms with van der Waals surface area (Å²) in [5, 5.41) is 3.25. The number of hydrogen-bond donors (Lipinski definition) is 1. The molecule has 3 aromatic rings. The molecule has 162 valence electrons. The van der Waals surface area contributed by atoms with Crippen molar-refractivity contribution in [2.75, 3.05) is 4.90 Å². The molecule has 9 heteroatoms. The normalized spacial score (nSPS) is 15.5. The van der Waals surface area contributed by atoms with E-state index in [1.807, 2.05) is 24.5 Å². The van der Waals surface area contributed by atoms with Crippen LogP contribution in [0, 0.1) is 19.7 Å². The lowest BCUT2D eigenvalue weighted by Gasteiger charge is -2.29. The maximum atomic E-state index is 14.3. The van der Waals surface area contributed by atoms with Gasteiger partial charge in [0.1, 0.15) is 11.4 Å². The van der Waals surface area contributed by atoms with Crippen LogP contribution in [-0.2, 0) is 9.59 Å². The second kappa shape index (κ2) is 8.50. The van der Waals surface area contributed by atoms with E-state index in [1.54, 1.807) is 24.3 Å². The van der Waals surface area contributed by atoms with Gasteiger partial charge in [-0.2, -0.15) is 0 Å². The highest BCUT2D eigenvalue weighted by molar-refractivity contribution is 7.80. The molecule has 1 aliphatic rings. The van der Waals surface area contributed by atoms with Gasteiger partial charge in [0, 0.05) is 16.4 Å². The van der Waals surface area contributed by atoms with Crippen molar-refractivity contribution in [3.05, 3.63) is 86.9 Å². The molecule has 1 aromatic heterocycles. The molecule has 2 heterocycles. The van der Waals surface area contributed by atoms with Gasteiger partial charge in [-0.1, -0.05) is 35.3 Å². The minimum Gasteiger partial charge on any atom is -0.316 e. The van der Waals surface area contributed by atoms with Crippen LogP contribution in [0.25, 0.3) is 11.8 Å². The number of amides is 2. The van der Waals surface area contributed by atoms with Crippen LogP contribution in [0.2, 0.25) is 10.0 Å². The van der Waals surface area contributed by atoms with Gasteiger partial charge >= 0.3 is 0 Å². The quantitative estimate of drug-likeness (QED) is 0.307. The van der Waals surface area contributed by atoms with Gasteiger partial charge in [0.05, 0.1) is 16.4 Å². The predicted molar refractivity (Wildman–Crippen MR) is 128 cm³/mol. The van der Waals surface area contributed by atoms with E-state index >= 15 is 0 Å². The van der Waals surface area contributed by atoms with E-state index in [0.717, 1.165) is 16.3 Å². The minimum atomic E-state index is -0.710. The van der Waals surface area contributed by atoms with Crippen LogP contribution in [0.15, 0.2) is 54.1 Å². The number of nitrogens with zero attached hydrogens (tertiary/aromatic N) is 2. The maximum absolute atomic E-state index is 14.3. The molecule has 1 N–H and O–H groups in total. The topological polar surface area (TPSA) is 54.3 Å². The van der Waals surface area contributed by atoms with Gasteiger partial charge in [0.15, 0.2) is 5.11 Å². The summed E-state index contributed by atoms with van der Waals surface area (Å²) in [6.07, 6.45) is 1.47. The van der Waals surface area contributed by atoms with Gasteiger partial charge in [0.2, 0.25) is 0 Å². The smallest absolute Gasteiger partial charge is 0.270 e. The zero-order chi connectivity index (χ0) is 23.2. The fourth-order valence-electron chi connectivity index (χ4n) is 3.63. The van der Waals surface area contributed by atoms with Gasteiger partial charge in [-0.05, 0) is 74.1 Å². The van der Waals surface area contributed by atoms with Crippen LogP contribution in [-0.4, -0.2) is 21.5 Å². The second-order valence-electron chi connectivity index (χ2n) is 7.17. The number of halogens is 3. The number of aromatic nitrogens is 1. The van der Waals surface area contributed by atoms with Gasteiger partial charge in [-0.25, -0.2) is 9.29 Å².